The summed E-state index contributed by atoms with van der Waals surface area (Å²) in [6, 6.07) is 11.3. The lowest BCUT2D eigenvalue weighted by molar-refractivity contribution is 0.0991. The molecular weight excluding hydrogens is 358 g/mol. The second kappa shape index (κ2) is 6.81. The lowest BCUT2D eigenvalue weighted by atomic mass is 10.0. The minimum absolute atomic E-state index is 0. The van der Waals surface area contributed by atoms with Crippen molar-refractivity contribution >= 4 is 38.7 Å². The summed E-state index contributed by atoms with van der Waals surface area (Å²) >= 11 is 3.42. The minimum atomic E-state index is -0.334. The number of carbonyl (C=O) groups excluding carboxylic acids is 1. The Bertz CT molecular complexity index is 511. The first-order valence-corrected chi connectivity index (χ1v) is 6.25. The molecule has 4 heteroatoms. The van der Waals surface area contributed by atoms with Crippen molar-refractivity contribution in [3.63, 3.8) is 0 Å². The summed E-state index contributed by atoms with van der Waals surface area (Å²) in [4.78, 5) is 15.9. The van der Waals surface area contributed by atoms with E-state index in [2.05, 4.69) is 20.9 Å². The van der Waals surface area contributed by atoms with Crippen LogP contribution in [0.25, 0.3) is 0 Å². The first-order chi connectivity index (χ1) is 8.18. The summed E-state index contributed by atoms with van der Waals surface area (Å²) in [5.74, 6) is 0.0537. The lowest BCUT2D eigenvalue weighted by Crippen LogP contribution is -2.07. The molecule has 18 heavy (non-hydrogen) atoms. The highest BCUT2D eigenvalue weighted by atomic mass is 79.9. The van der Waals surface area contributed by atoms with Crippen molar-refractivity contribution < 1.29 is 4.79 Å². The van der Waals surface area contributed by atoms with E-state index in [-0.39, 0.29) is 27.6 Å². The first-order valence-electron chi connectivity index (χ1n) is 5.33. The number of benzene rings is 1. The van der Waals surface area contributed by atoms with Gasteiger partial charge in [-0.15, -0.1) is 17.0 Å². The SMILES string of the molecule is Br.Cc1ccc(C(=O)C(Br)c2cccnc2)cc1. The van der Waals surface area contributed by atoms with E-state index in [1.165, 1.54) is 0 Å². The number of alkyl halides is 1. The van der Waals surface area contributed by atoms with Gasteiger partial charge in [0.2, 0.25) is 0 Å². The fraction of sp³-hybridized carbons (Fsp3) is 0.143. The topological polar surface area (TPSA) is 30.0 Å². The van der Waals surface area contributed by atoms with E-state index in [1.807, 2.05) is 43.3 Å². The highest BCUT2D eigenvalue weighted by Crippen LogP contribution is 2.26. The molecule has 1 unspecified atom stereocenters. The molecule has 0 N–H and O–H groups in total. The Morgan fingerprint density at radius 2 is 1.89 bits per heavy atom. The molecule has 2 nitrogen and oxygen atoms in total. The van der Waals surface area contributed by atoms with E-state index in [0.29, 0.717) is 5.56 Å². The molecule has 0 aliphatic heterocycles. The summed E-state index contributed by atoms with van der Waals surface area (Å²) in [7, 11) is 0. The van der Waals surface area contributed by atoms with Gasteiger partial charge in [0.25, 0.3) is 0 Å². The molecule has 0 saturated carbocycles. The average molecular weight is 371 g/mol. The van der Waals surface area contributed by atoms with Gasteiger partial charge >= 0.3 is 0 Å². The number of rotatable bonds is 3. The maximum absolute atomic E-state index is 12.2. The van der Waals surface area contributed by atoms with E-state index in [0.717, 1.165) is 11.1 Å². The number of aromatic nitrogens is 1. The Balaban J connectivity index is 0.00000162. The molecule has 1 aromatic carbocycles. The standard InChI is InChI=1S/C14H12BrNO.BrH/c1-10-4-6-11(7-5-10)14(17)13(15)12-3-2-8-16-9-12;/h2-9,13H,1H3;1H. The predicted octanol–water partition coefficient (Wildman–Crippen LogP) is 4.29. The molecule has 0 saturated heterocycles. The zero-order valence-electron chi connectivity index (χ0n) is 9.84. The van der Waals surface area contributed by atoms with Gasteiger partial charge in [0.1, 0.15) is 4.83 Å². The quantitative estimate of drug-likeness (QED) is 0.596. The van der Waals surface area contributed by atoms with E-state index >= 15 is 0 Å². The van der Waals surface area contributed by atoms with E-state index in [1.54, 1.807) is 12.4 Å². The molecule has 1 heterocycles. The van der Waals surface area contributed by atoms with Gasteiger partial charge in [0.15, 0.2) is 5.78 Å². The number of aryl methyl sites for hydroxylation is 1. The van der Waals surface area contributed by atoms with Crippen molar-refractivity contribution in [1.82, 2.24) is 4.98 Å². The third-order valence-corrected chi connectivity index (χ3v) is 3.49. The van der Waals surface area contributed by atoms with Crippen LogP contribution in [0.15, 0.2) is 48.8 Å². The van der Waals surface area contributed by atoms with Crippen molar-refractivity contribution in [2.24, 2.45) is 0 Å². The fourth-order valence-electron chi connectivity index (χ4n) is 1.54. The molecule has 2 aromatic rings. The van der Waals surface area contributed by atoms with E-state index < -0.39 is 0 Å². The van der Waals surface area contributed by atoms with Crippen LogP contribution in [0.5, 0.6) is 0 Å². The molecule has 0 spiro atoms. The Morgan fingerprint density at radius 3 is 2.44 bits per heavy atom. The largest absolute Gasteiger partial charge is 0.293 e. The zero-order chi connectivity index (χ0) is 12.3. The Labute approximate surface area is 125 Å². The second-order valence-corrected chi connectivity index (χ2v) is 4.79. The van der Waals surface area contributed by atoms with Crippen molar-refractivity contribution in [3.8, 4) is 0 Å². The van der Waals surface area contributed by atoms with Gasteiger partial charge in [-0.25, -0.2) is 0 Å². The Kier molecular flexibility index (Phi) is 5.69. The first kappa shape index (κ1) is 15.1. The maximum Gasteiger partial charge on any atom is 0.180 e. The van der Waals surface area contributed by atoms with Crippen LogP contribution in [-0.4, -0.2) is 10.8 Å². The minimum Gasteiger partial charge on any atom is -0.293 e. The number of ketones is 1. The molecule has 0 radical (unpaired) electrons. The lowest BCUT2D eigenvalue weighted by Gasteiger charge is -2.08. The molecule has 2 rings (SSSR count). The van der Waals surface area contributed by atoms with Crippen molar-refractivity contribution in [3.05, 3.63) is 65.5 Å². The molecule has 0 bridgehead atoms. The molecule has 0 amide bonds. The van der Waals surface area contributed by atoms with Crippen LogP contribution in [0.3, 0.4) is 0 Å². The molecule has 1 atom stereocenters. The number of Topliss-reactive ketones (excluding diaryl/α,β-unsaturated/α-hetero) is 1. The van der Waals surface area contributed by atoms with E-state index in [4.69, 9.17) is 0 Å². The second-order valence-electron chi connectivity index (χ2n) is 3.88. The number of carbonyl (C=O) groups is 1. The van der Waals surface area contributed by atoms with Gasteiger partial charge in [-0.1, -0.05) is 51.8 Å². The molecule has 0 fully saturated rings. The van der Waals surface area contributed by atoms with Crippen LogP contribution in [0.2, 0.25) is 0 Å². The van der Waals surface area contributed by atoms with Gasteiger partial charge in [0, 0.05) is 18.0 Å². The highest BCUT2D eigenvalue weighted by Gasteiger charge is 2.18. The summed E-state index contributed by atoms with van der Waals surface area (Å²) in [5.41, 5.74) is 2.73. The zero-order valence-corrected chi connectivity index (χ0v) is 13.1. The summed E-state index contributed by atoms with van der Waals surface area (Å²) < 4.78 is 0. The van der Waals surface area contributed by atoms with Crippen LogP contribution >= 0.6 is 32.9 Å². The van der Waals surface area contributed by atoms with Gasteiger partial charge < -0.3 is 0 Å². The molecule has 0 aliphatic rings. The number of hydrogen-bond donors (Lipinski definition) is 0. The number of halogens is 2. The van der Waals surface area contributed by atoms with Crippen molar-refractivity contribution in [1.29, 1.82) is 0 Å². The maximum atomic E-state index is 12.2. The van der Waals surface area contributed by atoms with Crippen molar-refractivity contribution in [2.45, 2.75) is 11.8 Å². The predicted molar refractivity (Wildman–Crippen MR) is 81.7 cm³/mol. The normalized spacial score (nSPS) is 11.4. The van der Waals surface area contributed by atoms with Gasteiger partial charge in [-0.2, -0.15) is 0 Å². The highest BCUT2D eigenvalue weighted by molar-refractivity contribution is 9.09. The average Bonchev–Trinajstić information content (AvgIpc) is 2.39. The number of nitrogens with zero attached hydrogens (tertiary/aromatic N) is 1. The molecule has 1 aromatic heterocycles. The summed E-state index contributed by atoms with van der Waals surface area (Å²) in [6.07, 6.45) is 3.39. The summed E-state index contributed by atoms with van der Waals surface area (Å²) in [5, 5.41) is 0. The van der Waals surface area contributed by atoms with Crippen LogP contribution in [-0.2, 0) is 0 Å². The van der Waals surface area contributed by atoms with Crippen molar-refractivity contribution in [2.75, 3.05) is 0 Å². The van der Waals surface area contributed by atoms with Crippen LogP contribution < -0.4 is 0 Å². The van der Waals surface area contributed by atoms with Crippen LogP contribution in [0, 0.1) is 6.92 Å². The summed E-state index contributed by atoms with van der Waals surface area (Å²) in [6.45, 7) is 2.00. The fourth-order valence-corrected chi connectivity index (χ4v) is 2.08. The van der Waals surface area contributed by atoms with Gasteiger partial charge in [-0.05, 0) is 18.6 Å². The van der Waals surface area contributed by atoms with Gasteiger partial charge in [0.05, 0.1) is 0 Å². The Morgan fingerprint density at radius 1 is 1.22 bits per heavy atom. The Hall–Kier alpha value is -1.00. The number of pyridine rings is 1. The monoisotopic (exact) mass is 369 g/mol. The smallest absolute Gasteiger partial charge is 0.180 e. The molecule has 0 aliphatic carbocycles. The van der Waals surface area contributed by atoms with Crippen LogP contribution in [0.1, 0.15) is 26.3 Å². The molecule has 94 valence electrons. The third kappa shape index (κ3) is 3.50. The molecular formula is C14H13Br2NO. The third-order valence-electron chi connectivity index (χ3n) is 2.54. The number of hydrogen-bond acceptors (Lipinski definition) is 2. The van der Waals surface area contributed by atoms with Gasteiger partial charge in [-0.3, -0.25) is 9.78 Å². The van der Waals surface area contributed by atoms with E-state index in [9.17, 15) is 4.79 Å². The van der Waals surface area contributed by atoms with Crippen LogP contribution in [0.4, 0.5) is 0 Å².